The van der Waals surface area contributed by atoms with Gasteiger partial charge in [0.25, 0.3) is 0 Å². The first kappa shape index (κ1) is 20.3. The van der Waals surface area contributed by atoms with Crippen LogP contribution < -0.4 is 10.6 Å². The van der Waals surface area contributed by atoms with Gasteiger partial charge in [-0.05, 0) is 41.0 Å². The van der Waals surface area contributed by atoms with Gasteiger partial charge in [-0.25, -0.2) is 0 Å². The predicted octanol–water partition coefficient (Wildman–Crippen LogP) is 4.88. The minimum absolute atomic E-state index is 0.0637. The zero-order chi connectivity index (χ0) is 21.5. The Bertz CT molecular complexity index is 1160. The minimum atomic E-state index is -0.0637. The number of anilines is 1. The van der Waals surface area contributed by atoms with Crippen molar-refractivity contribution in [2.75, 3.05) is 5.32 Å². The van der Waals surface area contributed by atoms with Crippen LogP contribution in [0.25, 0.3) is 0 Å². The molecule has 0 saturated heterocycles. The maximum Gasteiger partial charge on any atom is 0.171 e. The molecule has 5 nitrogen and oxygen atoms in total. The molecule has 0 aliphatic rings. The first-order valence-electron chi connectivity index (χ1n) is 9.90. The van der Waals surface area contributed by atoms with Crippen molar-refractivity contribution in [2.24, 2.45) is 0 Å². The highest BCUT2D eigenvalue weighted by molar-refractivity contribution is 7.80. The number of aromatic nitrogens is 2. The highest BCUT2D eigenvalue weighted by atomic mass is 32.1. The van der Waals surface area contributed by atoms with E-state index in [1.165, 1.54) is 0 Å². The Morgan fingerprint density at radius 3 is 2.29 bits per heavy atom. The van der Waals surface area contributed by atoms with E-state index < -0.39 is 0 Å². The Kier molecular flexibility index (Phi) is 6.36. The summed E-state index contributed by atoms with van der Waals surface area (Å²) in [6, 6.07) is 30.0. The molecule has 1 aromatic heterocycles. The largest absolute Gasteiger partial charge is 0.352 e. The quantitative estimate of drug-likeness (QED) is 0.433. The summed E-state index contributed by atoms with van der Waals surface area (Å²) in [5, 5.41) is 20.6. The fraction of sp³-hybridized carbons (Fsp3) is 0.0800. The Hall–Kier alpha value is -3.95. The molecule has 0 fully saturated rings. The molecule has 31 heavy (non-hydrogen) atoms. The second-order valence-electron chi connectivity index (χ2n) is 7.09. The van der Waals surface area contributed by atoms with Crippen LogP contribution in [0.15, 0.2) is 97.3 Å². The zero-order valence-electron chi connectivity index (χ0n) is 16.8. The van der Waals surface area contributed by atoms with Crippen LogP contribution in [0.3, 0.4) is 0 Å². The Balaban J connectivity index is 1.44. The monoisotopic (exact) mass is 423 g/mol. The van der Waals surface area contributed by atoms with E-state index in [1.807, 2.05) is 65.5 Å². The number of nitrogens with one attached hydrogen (secondary N) is 2. The summed E-state index contributed by atoms with van der Waals surface area (Å²) in [7, 11) is 0. The lowest BCUT2D eigenvalue weighted by atomic mass is 9.99. The molecule has 0 spiro atoms. The summed E-state index contributed by atoms with van der Waals surface area (Å²) in [6.07, 6.45) is 3.63. The van der Waals surface area contributed by atoms with Gasteiger partial charge in [0.05, 0.1) is 36.1 Å². The van der Waals surface area contributed by atoms with Crippen molar-refractivity contribution < 1.29 is 0 Å². The third-order valence-corrected chi connectivity index (χ3v) is 5.05. The highest BCUT2D eigenvalue weighted by Gasteiger charge is 2.15. The SMILES string of the molecule is N#Cc1cccc(Cn2cc(NC(=S)NC(c3ccccc3)c3ccccc3)cn2)c1. The number of thiocarbonyl (C=S) groups is 1. The Morgan fingerprint density at radius 1 is 0.968 bits per heavy atom. The minimum Gasteiger partial charge on any atom is -0.352 e. The van der Waals surface area contributed by atoms with E-state index in [-0.39, 0.29) is 6.04 Å². The Morgan fingerprint density at radius 2 is 1.65 bits per heavy atom. The van der Waals surface area contributed by atoms with Gasteiger partial charge in [-0.2, -0.15) is 10.4 Å². The summed E-state index contributed by atoms with van der Waals surface area (Å²) in [4.78, 5) is 0. The average molecular weight is 424 g/mol. The molecule has 0 bridgehead atoms. The lowest BCUT2D eigenvalue weighted by Gasteiger charge is -2.21. The fourth-order valence-corrected chi connectivity index (χ4v) is 3.62. The van der Waals surface area contributed by atoms with Crippen molar-refractivity contribution in [1.29, 1.82) is 5.26 Å². The average Bonchev–Trinajstić information content (AvgIpc) is 3.25. The smallest absolute Gasteiger partial charge is 0.171 e. The maximum atomic E-state index is 9.06. The van der Waals surface area contributed by atoms with E-state index in [0.717, 1.165) is 22.4 Å². The van der Waals surface area contributed by atoms with Crippen LogP contribution in [-0.4, -0.2) is 14.9 Å². The fourth-order valence-electron chi connectivity index (χ4n) is 3.39. The van der Waals surface area contributed by atoms with Gasteiger partial charge >= 0.3 is 0 Å². The van der Waals surface area contributed by atoms with Crippen LogP contribution in [-0.2, 0) is 6.54 Å². The van der Waals surface area contributed by atoms with E-state index in [0.29, 0.717) is 17.2 Å². The molecule has 2 N–H and O–H groups in total. The molecule has 3 aromatic carbocycles. The number of nitrogens with zero attached hydrogens (tertiary/aromatic N) is 3. The van der Waals surface area contributed by atoms with Gasteiger partial charge in [0.1, 0.15) is 0 Å². The molecule has 0 aliphatic carbocycles. The van der Waals surface area contributed by atoms with E-state index >= 15 is 0 Å². The maximum absolute atomic E-state index is 9.06. The summed E-state index contributed by atoms with van der Waals surface area (Å²) in [5.74, 6) is 0. The summed E-state index contributed by atoms with van der Waals surface area (Å²) in [5.41, 5.74) is 4.72. The molecule has 4 aromatic rings. The highest BCUT2D eigenvalue weighted by Crippen LogP contribution is 2.22. The van der Waals surface area contributed by atoms with Crippen molar-refractivity contribution in [3.63, 3.8) is 0 Å². The first-order valence-corrected chi connectivity index (χ1v) is 10.3. The third kappa shape index (κ3) is 5.35. The van der Waals surface area contributed by atoms with Gasteiger partial charge in [-0.15, -0.1) is 0 Å². The second-order valence-corrected chi connectivity index (χ2v) is 7.50. The molecule has 1 heterocycles. The molecule has 0 aliphatic heterocycles. The topological polar surface area (TPSA) is 65.7 Å². The van der Waals surface area contributed by atoms with Crippen molar-refractivity contribution in [3.8, 4) is 6.07 Å². The third-order valence-electron chi connectivity index (χ3n) is 4.83. The summed E-state index contributed by atoms with van der Waals surface area (Å²) >= 11 is 5.59. The molecular weight excluding hydrogens is 402 g/mol. The lowest BCUT2D eigenvalue weighted by Crippen LogP contribution is -2.32. The predicted molar refractivity (Wildman–Crippen MR) is 127 cm³/mol. The first-order chi connectivity index (χ1) is 15.2. The number of nitriles is 1. The van der Waals surface area contributed by atoms with Crippen molar-refractivity contribution in [3.05, 3.63) is 120 Å². The van der Waals surface area contributed by atoms with Crippen molar-refractivity contribution in [2.45, 2.75) is 12.6 Å². The van der Waals surface area contributed by atoms with Crippen LogP contribution in [0.5, 0.6) is 0 Å². The molecule has 0 amide bonds. The molecule has 4 rings (SSSR count). The van der Waals surface area contributed by atoms with E-state index in [1.54, 1.807) is 12.3 Å². The molecule has 0 atom stereocenters. The van der Waals surface area contributed by atoms with Gasteiger partial charge in [0, 0.05) is 6.20 Å². The van der Waals surface area contributed by atoms with Gasteiger partial charge in [-0.3, -0.25) is 4.68 Å². The number of benzene rings is 3. The normalized spacial score (nSPS) is 10.5. The number of hydrogen-bond donors (Lipinski definition) is 2. The van der Waals surface area contributed by atoms with Gasteiger partial charge in [0.2, 0.25) is 0 Å². The molecule has 0 radical (unpaired) electrons. The Labute approximate surface area is 187 Å². The molecule has 6 heteroatoms. The zero-order valence-corrected chi connectivity index (χ0v) is 17.6. The molecule has 0 saturated carbocycles. The second kappa shape index (κ2) is 9.70. The lowest BCUT2D eigenvalue weighted by molar-refractivity contribution is 0.687. The van der Waals surface area contributed by atoms with Crippen molar-refractivity contribution >= 4 is 23.0 Å². The van der Waals surface area contributed by atoms with Gasteiger partial charge in [0.15, 0.2) is 5.11 Å². The van der Waals surface area contributed by atoms with Gasteiger partial charge < -0.3 is 10.6 Å². The molecular formula is C25H21N5S. The van der Waals surface area contributed by atoms with Crippen LogP contribution in [0, 0.1) is 11.3 Å². The number of hydrogen-bond acceptors (Lipinski definition) is 3. The van der Waals surface area contributed by atoms with Crippen LogP contribution in [0.4, 0.5) is 5.69 Å². The van der Waals surface area contributed by atoms with E-state index in [2.05, 4.69) is 46.1 Å². The van der Waals surface area contributed by atoms with Crippen molar-refractivity contribution in [1.82, 2.24) is 15.1 Å². The standard InChI is InChI=1S/C25H21N5S/c26-15-19-8-7-9-20(14-19)17-30-18-23(16-27-30)28-25(31)29-24(21-10-3-1-4-11-21)22-12-5-2-6-13-22/h1-14,16,18,24H,17H2,(H2,28,29,31). The van der Waals surface area contributed by atoms with Gasteiger partial charge in [-0.1, -0.05) is 72.8 Å². The molecule has 152 valence electrons. The van der Waals surface area contributed by atoms with Crippen LogP contribution >= 0.6 is 12.2 Å². The van der Waals surface area contributed by atoms with Crippen LogP contribution in [0.1, 0.15) is 28.3 Å². The van der Waals surface area contributed by atoms with Crippen LogP contribution in [0.2, 0.25) is 0 Å². The van der Waals surface area contributed by atoms with E-state index in [9.17, 15) is 0 Å². The summed E-state index contributed by atoms with van der Waals surface area (Å²) in [6.45, 7) is 0.577. The summed E-state index contributed by atoms with van der Waals surface area (Å²) < 4.78 is 1.81. The van der Waals surface area contributed by atoms with E-state index in [4.69, 9.17) is 17.5 Å². The molecule has 0 unspecified atom stereocenters. The number of rotatable bonds is 6.